The largest absolute Gasteiger partial charge is 0.493 e. The summed E-state index contributed by atoms with van der Waals surface area (Å²) < 4.78 is 13.6. The molecule has 1 N–H and O–H groups in total. The fourth-order valence-electron chi connectivity index (χ4n) is 1.45. The molecule has 0 saturated heterocycles. The number of aliphatic hydroxyl groups is 1. The number of ether oxygens (including phenoxy) is 3. The van der Waals surface area contributed by atoms with Gasteiger partial charge in [0.2, 0.25) is 9.54 Å². The van der Waals surface area contributed by atoms with E-state index in [0.717, 1.165) is 0 Å². The summed E-state index contributed by atoms with van der Waals surface area (Å²) in [6, 6.07) is 3.04. The molecule has 0 radical (unpaired) electrons. The molecule has 0 aliphatic rings. The van der Waals surface area contributed by atoms with Crippen molar-refractivity contribution in [3.63, 3.8) is 0 Å². The molecule has 102 valence electrons. The molecule has 0 bridgehead atoms. The van der Waals surface area contributed by atoms with Gasteiger partial charge in [0.1, 0.15) is 6.10 Å². The van der Waals surface area contributed by atoms with Crippen LogP contribution in [0.2, 0.25) is 0 Å². The van der Waals surface area contributed by atoms with Gasteiger partial charge < -0.3 is 19.3 Å². The quantitative estimate of drug-likeness (QED) is 0.867. The van der Waals surface area contributed by atoms with Crippen molar-refractivity contribution in [3.8, 4) is 17.2 Å². The minimum atomic E-state index is -1.84. The number of methoxy groups -OCH3 is 3. The Bertz CT molecular complexity index is 392. The Labute approximate surface area is 120 Å². The van der Waals surface area contributed by atoms with Crippen LogP contribution in [-0.2, 0) is 0 Å². The van der Waals surface area contributed by atoms with E-state index in [4.69, 9.17) is 49.0 Å². The van der Waals surface area contributed by atoms with Gasteiger partial charge in [-0.3, -0.25) is 0 Å². The highest BCUT2D eigenvalue weighted by atomic mass is 35.6. The number of hydrogen-bond donors (Lipinski definition) is 1. The smallest absolute Gasteiger partial charge is 0.220 e. The Hall–Kier alpha value is -0.550. The minimum Gasteiger partial charge on any atom is -0.493 e. The summed E-state index contributed by atoms with van der Waals surface area (Å²) in [6.07, 6.45) is -1.31. The van der Waals surface area contributed by atoms with Gasteiger partial charge in [0.25, 0.3) is 0 Å². The third-order valence-electron chi connectivity index (χ3n) is 2.31. The maximum atomic E-state index is 9.91. The molecule has 0 fully saturated rings. The van der Waals surface area contributed by atoms with E-state index in [0.29, 0.717) is 22.8 Å². The van der Waals surface area contributed by atoms with Crippen LogP contribution in [0.25, 0.3) is 0 Å². The monoisotopic (exact) mass is 314 g/mol. The summed E-state index contributed by atoms with van der Waals surface area (Å²) in [5.41, 5.74) is 0.351. The molecule has 0 aliphatic heterocycles. The predicted octanol–water partition coefficient (Wildman–Crippen LogP) is 3.12. The van der Waals surface area contributed by atoms with Gasteiger partial charge in [0.05, 0.1) is 21.3 Å². The lowest BCUT2D eigenvalue weighted by atomic mass is 10.1. The second-order valence-corrected chi connectivity index (χ2v) is 5.77. The lowest BCUT2D eigenvalue weighted by Gasteiger charge is -2.21. The van der Waals surface area contributed by atoms with Crippen LogP contribution < -0.4 is 14.2 Å². The van der Waals surface area contributed by atoms with Crippen LogP contribution in [0.3, 0.4) is 0 Å². The molecule has 7 heteroatoms. The van der Waals surface area contributed by atoms with Crippen LogP contribution in [0.1, 0.15) is 11.7 Å². The Morgan fingerprint density at radius 2 is 1.44 bits per heavy atom. The van der Waals surface area contributed by atoms with Gasteiger partial charge in [-0.1, -0.05) is 34.8 Å². The van der Waals surface area contributed by atoms with Crippen LogP contribution in [0, 0.1) is 0 Å². The van der Waals surface area contributed by atoms with Crippen molar-refractivity contribution in [1.82, 2.24) is 0 Å². The molecule has 0 unspecified atom stereocenters. The summed E-state index contributed by atoms with van der Waals surface area (Å²) in [5, 5.41) is 9.91. The van der Waals surface area contributed by atoms with Crippen LogP contribution >= 0.6 is 34.8 Å². The average Bonchev–Trinajstić information content (AvgIpc) is 2.34. The molecule has 1 aromatic rings. The van der Waals surface area contributed by atoms with Crippen molar-refractivity contribution in [3.05, 3.63) is 17.7 Å². The molecule has 0 spiro atoms. The molecular weight excluding hydrogens is 302 g/mol. The van der Waals surface area contributed by atoms with Crippen molar-refractivity contribution in [1.29, 1.82) is 0 Å². The third kappa shape index (κ3) is 3.26. The summed E-state index contributed by atoms with van der Waals surface area (Å²) in [6.45, 7) is 0. The van der Waals surface area contributed by atoms with E-state index in [1.165, 1.54) is 33.5 Å². The van der Waals surface area contributed by atoms with Crippen molar-refractivity contribution in [2.45, 2.75) is 9.90 Å². The van der Waals surface area contributed by atoms with Crippen molar-refractivity contribution in [2.24, 2.45) is 0 Å². The van der Waals surface area contributed by atoms with Gasteiger partial charge >= 0.3 is 0 Å². The molecular formula is C11H13Cl3O4. The van der Waals surface area contributed by atoms with E-state index in [1.807, 2.05) is 0 Å². The van der Waals surface area contributed by atoms with Gasteiger partial charge in [-0.15, -0.1) is 0 Å². The van der Waals surface area contributed by atoms with Crippen LogP contribution in [0.15, 0.2) is 12.1 Å². The maximum Gasteiger partial charge on any atom is 0.220 e. The van der Waals surface area contributed by atoms with Gasteiger partial charge in [0, 0.05) is 0 Å². The van der Waals surface area contributed by atoms with E-state index in [1.54, 1.807) is 0 Å². The molecule has 1 atom stereocenters. The zero-order valence-corrected chi connectivity index (χ0v) is 12.3. The average molecular weight is 316 g/mol. The zero-order valence-electron chi connectivity index (χ0n) is 10.0. The summed E-state index contributed by atoms with van der Waals surface area (Å²) in [7, 11) is 4.40. The highest BCUT2D eigenvalue weighted by Gasteiger charge is 2.33. The van der Waals surface area contributed by atoms with E-state index in [9.17, 15) is 5.11 Å². The predicted molar refractivity (Wildman–Crippen MR) is 71.3 cm³/mol. The topological polar surface area (TPSA) is 47.9 Å². The Morgan fingerprint density at radius 1 is 1.00 bits per heavy atom. The first-order valence-corrected chi connectivity index (χ1v) is 6.03. The second kappa shape index (κ2) is 6.06. The van der Waals surface area contributed by atoms with Gasteiger partial charge in [-0.2, -0.15) is 0 Å². The normalized spacial score (nSPS) is 13.1. The fourth-order valence-corrected chi connectivity index (χ4v) is 1.83. The molecule has 1 rings (SSSR count). The molecule has 18 heavy (non-hydrogen) atoms. The molecule has 0 saturated carbocycles. The minimum absolute atomic E-state index is 0.351. The Kier molecular flexibility index (Phi) is 5.22. The number of alkyl halides is 3. The van der Waals surface area contributed by atoms with Gasteiger partial charge in [0.15, 0.2) is 11.5 Å². The first-order chi connectivity index (χ1) is 8.35. The number of benzene rings is 1. The number of rotatable bonds is 4. The van der Waals surface area contributed by atoms with Crippen LogP contribution in [0.4, 0.5) is 0 Å². The number of aliphatic hydroxyl groups excluding tert-OH is 1. The third-order valence-corrected chi connectivity index (χ3v) is 2.93. The molecule has 4 nitrogen and oxygen atoms in total. The highest BCUT2D eigenvalue weighted by Crippen LogP contribution is 2.45. The van der Waals surface area contributed by atoms with E-state index in [-0.39, 0.29) is 0 Å². The second-order valence-electron chi connectivity index (χ2n) is 3.40. The molecule has 0 aliphatic carbocycles. The van der Waals surface area contributed by atoms with E-state index < -0.39 is 9.90 Å². The lowest BCUT2D eigenvalue weighted by Crippen LogP contribution is -2.16. The standard InChI is InChI=1S/C11H13Cl3O4/c1-16-7-4-6(10(15)11(12,13)14)5-8(17-2)9(7)18-3/h4-5,10,15H,1-3H3/t10-/m1/s1. The molecule has 0 amide bonds. The molecule has 1 aromatic carbocycles. The van der Waals surface area contributed by atoms with Crippen molar-refractivity contribution < 1.29 is 19.3 Å². The van der Waals surface area contributed by atoms with E-state index in [2.05, 4.69) is 0 Å². The van der Waals surface area contributed by atoms with Gasteiger partial charge in [-0.25, -0.2) is 0 Å². The Morgan fingerprint density at radius 3 is 1.72 bits per heavy atom. The first kappa shape index (κ1) is 15.5. The fraction of sp³-hybridized carbons (Fsp3) is 0.455. The molecule has 0 heterocycles. The van der Waals surface area contributed by atoms with Crippen LogP contribution in [-0.4, -0.2) is 30.2 Å². The lowest BCUT2D eigenvalue weighted by molar-refractivity contribution is 0.181. The summed E-state index contributed by atoms with van der Waals surface area (Å²) in [5.74, 6) is 1.15. The summed E-state index contributed by atoms with van der Waals surface area (Å²) in [4.78, 5) is 0. The highest BCUT2D eigenvalue weighted by molar-refractivity contribution is 6.68. The SMILES string of the molecule is COc1cc([C@@H](O)C(Cl)(Cl)Cl)cc(OC)c1OC. The number of halogens is 3. The maximum absolute atomic E-state index is 9.91. The van der Waals surface area contributed by atoms with Crippen LogP contribution in [0.5, 0.6) is 17.2 Å². The Balaban J connectivity index is 3.32. The van der Waals surface area contributed by atoms with E-state index >= 15 is 0 Å². The summed E-state index contributed by atoms with van der Waals surface area (Å²) >= 11 is 17.0. The van der Waals surface area contributed by atoms with Crippen molar-refractivity contribution in [2.75, 3.05) is 21.3 Å². The first-order valence-electron chi connectivity index (χ1n) is 4.89. The zero-order chi connectivity index (χ0) is 13.9. The molecule has 0 aromatic heterocycles. The van der Waals surface area contributed by atoms with Crippen molar-refractivity contribution >= 4 is 34.8 Å². The van der Waals surface area contributed by atoms with Gasteiger partial charge in [-0.05, 0) is 17.7 Å². The number of hydrogen-bond acceptors (Lipinski definition) is 4.